The van der Waals surface area contributed by atoms with E-state index in [0.717, 1.165) is 10.7 Å². The van der Waals surface area contributed by atoms with Crippen molar-refractivity contribution in [3.8, 4) is 5.75 Å². The van der Waals surface area contributed by atoms with Crippen LogP contribution in [0.15, 0.2) is 36.0 Å². The van der Waals surface area contributed by atoms with Crippen LogP contribution in [0.5, 0.6) is 5.75 Å². The van der Waals surface area contributed by atoms with Gasteiger partial charge >= 0.3 is 5.97 Å². The number of carboxylic acids is 1. The maximum atomic E-state index is 11.0. The van der Waals surface area contributed by atoms with Crippen molar-refractivity contribution in [1.82, 2.24) is 9.38 Å². The number of nitrogens with zero attached hydrogens (tertiary/aromatic N) is 2. The second-order valence-corrected chi connectivity index (χ2v) is 5.34. The maximum absolute atomic E-state index is 11.0. The lowest BCUT2D eigenvalue weighted by Gasteiger charge is -2.06. The molecule has 1 N–H and O–H groups in total. The number of ether oxygens (including phenoxy) is 1. The number of rotatable bonds is 4. The Bertz CT molecular complexity index is 752. The molecule has 0 aliphatic heterocycles. The number of aromatic carboxylic acids is 1. The molecule has 0 unspecified atom stereocenters. The molecular formula is C13H9ClN2O3S. The van der Waals surface area contributed by atoms with Crippen molar-refractivity contribution in [3.05, 3.63) is 52.3 Å². The average Bonchev–Trinajstić information content (AvgIpc) is 2.98. The zero-order chi connectivity index (χ0) is 14.1. The smallest absolute Gasteiger partial charge is 0.337 e. The Morgan fingerprint density at radius 2 is 2.35 bits per heavy atom. The van der Waals surface area contributed by atoms with Crippen molar-refractivity contribution in [2.45, 2.75) is 6.61 Å². The van der Waals surface area contributed by atoms with E-state index in [4.69, 9.17) is 21.4 Å². The van der Waals surface area contributed by atoms with Crippen LogP contribution >= 0.6 is 22.9 Å². The van der Waals surface area contributed by atoms with Gasteiger partial charge in [0.25, 0.3) is 0 Å². The third kappa shape index (κ3) is 2.48. The summed E-state index contributed by atoms with van der Waals surface area (Å²) in [5, 5.41) is 11.1. The summed E-state index contributed by atoms with van der Waals surface area (Å²) < 4.78 is 7.45. The first kappa shape index (κ1) is 13.0. The number of imidazole rings is 1. The molecule has 0 saturated heterocycles. The molecule has 20 heavy (non-hydrogen) atoms. The molecule has 5 nitrogen and oxygen atoms in total. The number of carboxylic acid groups (broad SMARTS) is 1. The van der Waals surface area contributed by atoms with E-state index in [1.165, 1.54) is 23.5 Å². The summed E-state index contributed by atoms with van der Waals surface area (Å²) in [5.41, 5.74) is 0.804. The molecule has 0 saturated carbocycles. The Morgan fingerprint density at radius 1 is 1.50 bits per heavy atom. The van der Waals surface area contributed by atoms with Crippen LogP contribution in [0.4, 0.5) is 0 Å². The number of thiazole rings is 1. The van der Waals surface area contributed by atoms with E-state index in [-0.39, 0.29) is 17.2 Å². The molecule has 3 aromatic rings. The highest BCUT2D eigenvalue weighted by Gasteiger charge is 2.10. The third-order valence-corrected chi connectivity index (χ3v) is 3.80. The van der Waals surface area contributed by atoms with Gasteiger partial charge in [0.05, 0.1) is 16.3 Å². The normalized spacial score (nSPS) is 10.8. The topological polar surface area (TPSA) is 63.8 Å². The molecule has 0 fully saturated rings. The van der Waals surface area contributed by atoms with E-state index in [2.05, 4.69) is 4.98 Å². The summed E-state index contributed by atoms with van der Waals surface area (Å²) in [6, 6.07) is 4.54. The monoisotopic (exact) mass is 308 g/mol. The number of hydrogen-bond acceptors (Lipinski definition) is 4. The average molecular weight is 309 g/mol. The van der Waals surface area contributed by atoms with Gasteiger partial charge in [-0.2, -0.15) is 0 Å². The van der Waals surface area contributed by atoms with Crippen LogP contribution in [-0.2, 0) is 6.61 Å². The molecule has 0 amide bonds. The minimum Gasteiger partial charge on any atom is -0.487 e. The fourth-order valence-corrected chi connectivity index (χ4v) is 2.68. The van der Waals surface area contributed by atoms with Gasteiger partial charge < -0.3 is 9.84 Å². The van der Waals surface area contributed by atoms with E-state index in [1.54, 1.807) is 6.07 Å². The van der Waals surface area contributed by atoms with E-state index >= 15 is 0 Å². The van der Waals surface area contributed by atoms with Crippen LogP contribution in [0.1, 0.15) is 16.1 Å². The molecule has 0 aliphatic rings. The largest absolute Gasteiger partial charge is 0.487 e. The SMILES string of the molecule is O=C(O)c1cc(OCc2cn3ccsc3n2)ccc1Cl. The zero-order valence-electron chi connectivity index (χ0n) is 10.1. The molecule has 0 aliphatic carbocycles. The minimum absolute atomic E-state index is 0.0231. The number of fused-ring (bicyclic) bond motifs is 1. The Morgan fingerprint density at radius 3 is 3.10 bits per heavy atom. The van der Waals surface area contributed by atoms with Gasteiger partial charge in [-0.25, -0.2) is 9.78 Å². The molecule has 2 heterocycles. The Balaban J connectivity index is 1.76. The van der Waals surface area contributed by atoms with Gasteiger partial charge in [0.15, 0.2) is 4.96 Å². The second kappa shape index (κ2) is 5.15. The first-order chi connectivity index (χ1) is 9.63. The van der Waals surface area contributed by atoms with Crippen molar-refractivity contribution in [2.75, 3.05) is 0 Å². The van der Waals surface area contributed by atoms with Crippen molar-refractivity contribution < 1.29 is 14.6 Å². The van der Waals surface area contributed by atoms with Crippen LogP contribution in [0.2, 0.25) is 5.02 Å². The van der Waals surface area contributed by atoms with Gasteiger partial charge in [0.1, 0.15) is 12.4 Å². The fourth-order valence-electron chi connectivity index (χ4n) is 1.76. The molecule has 0 radical (unpaired) electrons. The lowest BCUT2D eigenvalue weighted by molar-refractivity contribution is 0.0696. The summed E-state index contributed by atoms with van der Waals surface area (Å²) in [6.07, 6.45) is 3.79. The molecule has 2 aromatic heterocycles. The predicted molar refractivity (Wildman–Crippen MR) is 75.8 cm³/mol. The highest BCUT2D eigenvalue weighted by atomic mass is 35.5. The Labute approximate surface area is 123 Å². The first-order valence-corrected chi connectivity index (χ1v) is 6.96. The molecular weight excluding hydrogens is 300 g/mol. The molecule has 3 rings (SSSR count). The Kier molecular flexibility index (Phi) is 3.33. The molecule has 7 heteroatoms. The van der Waals surface area contributed by atoms with Crippen molar-refractivity contribution >= 4 is 33.9 Å². The van der Waals surface area contributed by atoms with Gasteiger partial charge in [0, 0.05) is 17.8 Å². The van der Waals surface area contributed by atoms with E-state index in [0.29, 0.717) is 5.75 Å². The van der Waals surface area contributed by atoms with Crippen LogP contribution < -0.4 is 4.74 Å². The lowest BCUT2D eigenvalue weighted by atomic mass is 10.2. The van der Waals surface area contributed by atoms with E-state index in [1.807, 2.05) is 22.2 Å². The summed E-state index contributed by atoms with van der Waals surface area (Å²) in [6.45, 7) is 0.273. The summed E-state index contributed by atoms with van der Waals surface area (Å²) >= 11 is 7.34. The van der Waals surface area contributed by atoms with E-state index < -0.39 is 5.97 Å². The van der Waals surface area contributed by atoms with Crippen molar-refractivity contribution in [3.63, 3.8) is 0 Å². The zero-order valence-corrected chi connectivity index (χ0v) is 11.7. The van der Waals surface area contributed by atoms with Crippen LogP contribution in [-0.4, -0.2) is 20.5 Å². The highest BCUT2D eigenvalue weighted by Crippen LogP contribution is 2.23. The summed E-state index contributed by atoms with van der Waals surface area (Å²) in [5.74, 6) is -0.633. The Hall–Kier alpha value is -2.05. The van der Waals surface area contributed by atoms with Gasteiger partial charge in [-0.3, -0.25) is 4.40 Å². The first-order valence-electron chi connectivity index (χ1n) is 5.70. The molecule has 1 aromatic carbocycles. The lowest BCUT2D eigenvalue weighted by Crippen LogP contribution is -2.00. The minimum atomic E-state index is -1.08. The second-order valence-electron chi connectivity index (χ2n) is 4.06. The number of aromatic nitrogens is 2. The standard InChI is InChI=1S/C13H9ClN2O3S/c14-11-2-1-9(5-10(11)12(17)18)19-7-8-6-16-3-4-20-13(16)15-8/h1-6H,7H2,(H,17,18). The van der Waals surface area contributed by atoms with Crippen LogP contribution in [0, 0.1) is 0 Å². The maximum Gasteiger partial charge on any atom is 0.337 e. The van der Waals surface area contributed by atoms with Crippen molar-refractivity contribution in [1.29, 1.82) is 0 Å². The van der Waals surface area contributed by atoms with Gasteiger partial charge in [0.2, 0.25) is 0 Å². The molecule has 102 valence electrons. The fraction of sp³-hybridized carbons (Fsp3) is 0.0769. The molecule has 0 bridgehead atoms. The van der Waals surface area contributed by atoms with Crippen molar-refractivity contribution in [2.24, 2.45) is 0 Å². The summed E-state index contributed by atoms with van der Waals surface area (Å²) in [4.78, 5) is 16.2. The van der Waals surface area contributed by atoms with Crippen LogP contribution in [0.3, 0.4) is 0 Å². The number of halogens is 1. The quantitative estimate of drug-likeness (QED) is 0.803. The molecule has 0 atom stereocenters. The van der Waals surface area contributed by atoms with Gasteiger partial charge in [-0.1, -0.05) is 11.6 Å². The van der Waals surface area contributed by atoms with E-state index in [9.17, 15) is 4.79 Å². The predicted octanol–water partition coefficient (Wildman–Crippen LogP) is 3.33. The highest BCUT2D eigenvalue weighted by molar-refractivity contribution is 7.15. The van der Waals surface area contributed by atoms with Gasteiger partial charge in [-0.05, 0) is 18.2 Å². The number of carbonyl (C=O) groups is 1. The van der Waals surface area contributed by atoms with Gasteiger partial charge in [-0.15, -0.1) is 11.3 Å². The summed E-state index contributed by atoms with van der Waals surface area (Å²) in [7, 11) is 0. The number of hydrogen-bond donors (Lipinski definition) is 1. The number of benzene rings is 1. The van der Waals surface area contributed by atoms with Crippen LogP contribution in [0.25, 0.3) is 4.96 Å². The molecule has 0 spiro atoms. The third-order valence-electron chi connectivity index (χ3n) is 2.70.